The predicted octanol–water partition coefficient (Wildman–Crippen LogP) is 2.85. The molecule has 4 nitrogen and oxygen atoms in total. The van der Waals surface area contributed by atoms with Gasteiger partial charge in [0.1, 0.15) is 5.75 Å². The molecule has 0 saturated carbocycles. The van der Waals surface area contributed by atoms with Gasteiger partial charge in [-0.05, 0) is 54.9 Å². The highest BCUT2D eigenvalue weighted by Crippen LogP contribution is 2.25. The fraction of sp³-hybridized carbons (Fsp3) is 0.533. The van der Waals surface area contributed by atoms with Gasteiger partial charge in [-0.1, -0.05) is 12.1 Å². The van der Waals surface area contributed by atoms with Crippen LogP contribution < -0.4 is 10.1 Å². The SMILES string of the molecule is CNC1CCN(C(=O)C(C)Oc2ccccc2Br)CC1.Cl. The molecule has 0 aliphatic carbocycles. The van der Waals surface area contributed by atoms with Crippen LogP contribution in [0.25, 0.3) is 0 Å². The number of benzene rings is 1. The number of para-hydroxylation sites is 1. The molecule has 6 heteroatoms. The third kappa shape index (κ3) is 4.87. The van der Waals surface area contributed by atoms with Crippen molar-refractivity contribution in [2.75, 3.05) is 20.1 Å². The number of hydrogen-bond acceptors (Lipinski definition) is 3. The molecule has 0 bridgehead atoms. The summed E-state index contributed by atoms with van der Waals surface area (Å²) in [5, 5.41) is 3.26. The van der Waals surface area contributed by atoms with Gasteiger partial charge in [-0.25, -0.2) is 0 Å². The first kappa shape index (κ1) is 18.3. The lowest BCUT2D eigenvalue weighted by Crippen LogP contribution is -2.48. The van der Waals surface area contributed by atoms with Crippen LogP contribution in [0.5, 0.6) is 5.75 Å². The van der Waals surface area contributed by atoms with Crippen molar-refractivity contribution in [2.45, 2.75) is 31.9 Å². The molecule has 1 N–H and O–H groups in total. The van der Waals surface area contributed by atoms with Crippen molar-refractivity contribution < 1.29 is 9.53 Å². The molecule has 1 atom stereocenters. The number of amides is 1. The third-order valence-electron chi connectivity index (χ3n) is 3.70. The molecule has 1 aromatic carbocycles. The lowest BCUT2D eigenvalue weighted by molar-refractivity contribution is -0.139. The van der Waals surface area contributed by atoms with Crippen molar-refractivity contribution in [3.63, 3.8) is 0 Å². The lowest BCUT2D eigenvalue weighted by Gasteiger charge is -2.33. The number of rotatable bonds is 4. The van der Waals surface area contributed by atoms with E-state index in [1.165, 1.54) is 0 Å². The van der Waals surface area contributed by atoms with Gasteiger partial charge in [-0.15, -0.1) is 12.4 Å². The molecular formula is C15H22BrClN2O2. The first-order valence-electron chi connectivity index (χ1n) is 6.99. The number of ether oxygens (including phenoxy) is 1. The van der Waals surface area contributed by atoms with Crippen LogP contribution >= 0.6 is 28.3 Å². The van der Waals surface area contributed by atoms with Crippen LogP contribution in [0.1, 0.15) is 19.8 Å². The zero-order valence-electron chi connectivity index (χ0n) is 12.3. The first-order valence-corrected chi connectivity index (χ1v) is 7.78. The summed E-state index contributed by atoms with van der Waals surface area (Å²) in [6.45, 7) is 3.41. The lowest BCUT2D eigenvalue weighted by atomic mass is 10.0. The first-order chi connectivity index (χ1) is 9.61. The quantitative estimate of drug-likeness (QED) is 0.877. The van der Waals surface area contributed by atoms with Crippen molar-refractivity contribution in [1.82, 2.24) is 10.2 Å². The van der Waals surface area contributed by atoms with Gasteiger partial charge in [0.05, 0.1) is 4.47 Å². The van der Waals surface area contributed by atoms with Gasteiger partial charge in [-0.3, -0.25) is 4.79 Å². The molecule has 1 aliphatic rings. The fourth-order valence-electron chi connectivity index (χ4n) is 2.43. The van der Waals surface area contributed by atoms with Crippen LogP contribution in [0.3, 0.4) is 0 Å². The predicted molar refractivity (Wildman–Crippen MR) is 90.1 cm³/mol. The molecule has 21 heavy (non-hydrogen) atoms. The van der Waals surface area contributed by atoms with Crippen LogP contribution in [0, 0.1) is 0 Å². The second kappa shape index (κ2) is 8.61. The van der Waals surface area contributed by atoms with Gasteiger partial charge in [0.2, 0.25) is 0 Å². The Balaban J connectivity index is 0.00000220. The third-order valence-corrected chi connectivity index (χ3v) is 4.36. The van der Waals surface area contributed by atoms with E-state index in [2.05, 4.69) is 21.2 Å². The van der Waals surface area contributed by atoms with Gasteiger partial charge in [0.15, 0.2) is 6.10 Å². The Labute approximate surface area is 140 Å². The van der Waals surface area contributed by atoms with Crippen LogP contribution in [0.4, 0.5) is 0 Å². The summed E-state index contributed by atoms with van der Waals surface area (Å²) < 4.78 is 6.63. The van der Waals surface area contributed by atoms with E-state index in [1.54, 1.807) is 0 Å². The molecule has 1 aliphatic heterocycles. The van der Waals surface area contributed by atoms with Crippen LogP contribution in [-0.4, -0.2) is 43.1 Å². The normalized spacial score (nSPS) is 17.0. The summed E-state index contributed by atoms with van der Waals surface area (Å²) in [7, 11) is 1.97. The fourth-order valence-corrected chi connectivity index (χ4v) is 2.81. The van der Waals surface area contributed by atoms with Crippen molar-refractivity contribution in [3.8, 4) is 5.75 Å². The molecule has 1 fully saturated rings. The number of likely N-dealkylation sites (tertiary alicyclic amines) is 1. The van der Waals surface area contributed by atoms with E-state index < -0.39 is 6.10 Å². The number of hydrogen-bond donors (Lipinski definition) is 1. The maximum absolute atomic E-state index is 12.4. The Hall–Kier alpha value is -0.780. The number of carbonyl (C=O) groups is 1. The van der Waals surface area contributed by atoms with Gasteiger partial charge in [0, 0.05) is 19.1 Å². The monoisotopic (exact) mass is 376 g/mol. The molecule has 2 rings (SSSR count). The molecule has 0 radical (unpaired) electrons. The summed E-state index contributed by atoms with van der Waals surface area (Å²) in [5.41, 5.74) is 0. The second-order valence-electron chi connectivity index (χ2n) is 5.08. The average molecular weight is 378 g/mol. The highest BCUT2D eigenvalue weighted by atomic mass is 79.9. The minimum atomic E-state index is -0.458. The molecule has 1 saturated heterocycles. The van der Waals surface area contributed by atoms with E-state index in [0.717, 1.165) is 30.4 Å². The Bertz CT molecular complexity index is 465. The summed E-state index contributed by atoms with van der Waals surface area (Å²) in [6, 6.07) is 8.12. The summed E-state index contributed by atoms with van der Waals surface area (Å²) in [4.78, 5) is 14.3. The summed E-state index contributed by atoms with van der Waals surface area (Å²) >= 11 is 3.43. The van der Waals surface area contributed by atoms with Crippen LogP contribution in [0.2, 0.25) is 0 Å². The number of halogens is 2. The minimum Gasteiger partial charge on any atom is -0.480 e. The average Bonchev–Trinajstić information content (AvgIpc) is 2.49. The van der Waals surface area contributed by atoms with Crippen molar-refractivity contribution in [3.05, 3.63) is 28.7 Å². The Morgan fingerprint density at radius 2 is 2.00 bits per heavy atom. The molecule has 118 valence electrons. The largest absolute Gasteiger partial charge is 0.480 e. The second-order valence-corrected chi connectivity index (χ2v) is 5.93. The van der Waals surface area contributed by atoms with Crippen molar-refractivity contribution >= 4 is 34.2 Å². The van der Waals surface area contributed by atoms with Gasteiger partial charge in [0.25, 0.3) is 5.91 Å². The summed E-state index contributed by atoms with van der Waals surface area (Å²) in [5.74, 6) is 0.772. The highest BCUT2D eigenvalue weighted by Gasteiger charge is 2.26. The Morgan fingerprint density at radius 3 is 2.57 bits per heavy atom. The highest BCUT2D eigenvalue weighted by molar-refractivity contribution is 9.10. The van der Waals surface area contributed by atoms with Crippen LogP contribution in [-0.2, 0) is 4.79 Å². The van der Waals surface area contributed by atoms with Gasteiger partial charge >= 0.3 is 0 Å². The van der Waals surface area contributed by atoms with E-state index in [1.807, 2.05) is 43.1 Å². The molecule has 1 heterocycles. The molecule has 1 unspecified atom stereocenters. The molecule has 1 amide bonds. The standard InChI is InChI=1S/C15H21BrN2O2.ClH/c1-11(20-14-6-4-3-5-13(14)16)15(19)18-9-7-12(17-2)8-10-18;/h3-6,11-12,17H,7-10H2,1-2H3;1H. The van der Waals surface area contributed by atoms with E-state index >= 15 is 0 Å². The van der Waals surface area contributed by atoms with E-state index in [9.17, 15) is 4.79 Å². The zero-order chi connectivity index (χ0) is 14.5. The molecule has 0 spiro atoms. The maximum atomic E-state index is 12.4. The zero-order valence-corrected chi connectivity index (χ0v) is 14.7. The van der Waals surface area contributed by atoms with Gasteiger partial charge in [-0.2, -0.15) is 0 Å². The van der Waals surface area contributed by atoms with E-state index in [4.69, 9.17) is 4.74 Å². The Kier molecular flexibility index (Phi) is 7.49. The molecule has 0 aromatic heterocycles. The number of nitrogens with one attached hydrogen (secondary N) is 1. The number of nitrogens with zero attached hydrogens (tertiary/aromatic N) is 1. The van der Waals surface area contributed by atoms with Crippen molar-refractivity contribution in [2.24, 2.45) is 0 Å². The van der Waals surface area contributed by atoms with Gasteiger partial charge < -0.3 is 15.0 Å². The van der Waals surface area contributed by atoms with E-state index in [-0.39, 0.29) is 18.3 Å². The number of piperidine rings is 1. The summed E-state index contributed by atoms with van der Waals surface area (Å²) in [6.07, 6.45) is 1.55. The maximum Gasteiger partial charge on any atom is 0.263 e. The Morgan fingerprint density at radius 1 is 1.38 bits per heavy atom. The molecule has 1 aromatic rings. The van der Waals surface area contributed by atoms with Crippen LogP contribution in [0.15, 0.2) is 28.7 Å². The van der Waals surface area contributed by atoms with Crippen molar-refractivity contribution in [1.29, 1.82) is 0 Å². The van der Waals surface area contributed by atoms with E-state index in [0.29, 0.717) is 11.8 Å². The topological polar surface area (TPSA) is 41.6 Å². The molecular weight excluding hydrogens is 356 g/mol. The minimum absolute atomic E-state index is 0. The number of carbonyl (C=O) groups excluding carboxylic acids is 1. The smallest absolute Gasteiger partial charge is 0.263 e.